The molecule has 0 aromatic carbocycles. The molecule has 0 aromatic rings. The Labute approximate surface area is 87.3 Å². The van der Waals surface area contributed by atoms with Gasteiger partial charge in [-0.15, -0.1) is 0 Å². The Kier molecular flexibility index (Phi) is 2.55. The zero-order valence-corrected chi connectivity index (χ0v) is 9.12. The van der Waals surface area contributed by atoms with Gasteiger partial charge in [0.05, 0.1) is 5.60 Å². The lowest BCUT2D eigenvalue weighted by molar-refractivity contribution is 0.0272. The minimum atomic E-state index is -2.43. The van der Waals surface area contributed by atoms with Gasteiger partial charge in [-0.3, -0.25) is 0 Å². The summed E-state index contributed by atoms with van der Waals surface area (Å²) in [7, 11) is 0. The summed E-state index contributed by atoms with van der Waals surface area (Å²) in [5.41, 5.74) is -0.677. The summed E-state index contributed by atoms with van der Waals surface area (Å²) in [6.07, 6.45) is 1.82. The lowest BCUT2D eigenvalue weighted by Gasteiger charge is -2.26. The highest BCUT2D eigenvalue weighted by Crippen LogP contribution is 2.52. The van der Waals surface area contributed by atoms with Gasteiger partial charge >= 0.3 is 0 Å². The second-order valence-corrected chi connectivity index (χ2v) is 6.02. The van der Waals surface area contributed by atoms with E-state index in [1.54, 1.807) is 11.8 Å². The lowest BCUT2D eigenvalue weighted by Crippen LogP contribution is -2.34. The molecule has 1 saturated carbocycles. The van der Waals surface area contributed by atoms with Crippen molar-refractivity contribution in [2.75, 3.05) is 5.75 Å². The molecule has 1 N–H and O–H groups in total. The van der Waals surface area contributed by atoms with E-state index in [0.29, 0.717) is 12.8 Å². The number of halogens is 2. The fourth-order valence-corrected chi connectivity index (χ4v) is 3.48. The molecule has 1 heterocycles. The van der Waals surface area contributed by atoms with Gasteiger partial charge < -0.3 is 5.11 Å². The Morgan fingerprint density at radius 2 is 2.14 bits per heavy atom. The molecular formula is C10H16F2OS. The average molecular weight is 222 g/mol. The molecule has 1 aliphatic carbocycles. The molecule has 1 aliphatic heterocycles. The Bertz CT molecular complexity index is 234. The van der Waals surface area contributed by atoms with Crippen molar-refractivity contribution in [3.63, 3.8) is 0 Å². The zero-order chi connectivity index (χ0) is 10.4. The van der Waals surface area contributed by atoms with Crippen LogP contribution in [0.2, 0.25) is 0 Å². The molecule has 2 fully saturated rings. The largest absolute Gasteiger partial charge is 0.389 e. The third-order valence-electron chi connectivity index (χ3n) is 3.54. The summed E-state index contributed by atoms with van der Waals surface area (Å²) in [6.45, 7) is 1.99. The quantitative estimate of drug-likeness (QED) is 0.792. The molecule has 0 aromatic heterocycles. The minimum absolute atomic E-state index is 0.0323. The van der Waals surface area contributed by atoms with Crippen molar-refractivity contribution in [1.29, 1.82) is 0 Å². The van der Waals surface area contributed by atoms with Crippen LogP contribution in [0.1, 0.15) is 32.6 Å². The van der Waals surface area contributed by atoms with E-state index in [1.807, 2.05) is 6.92 Å². The van der Waals surface area contributed by atoms with Crippen molar-refractivity contribution < 1.29 is 13.9 Å². The van der Waals surface area contributed by atoms with Crippen LogP contribution in [0.25, 0.3) is 0 Å². The first-order valence-electron chi connectivity index (χ1n) is 5.16. The maximum atomic E-state index is 12.6. The Morgan fingerprint density at radius 1 is 1.50 bits per heavy atom. The third-order valence-corrected chi connectivity index (χ3v) is 4.92. The molecule has 3 unspecified atom stereocenters. The van der Waals surface area contributed by atoms with Crippen LogP contribution in [0.3, 0.4) is 0 Å². The molecule has 2 rings (SSSR count). The van der Waals surface area contributed by atoms with E-state index >= 15 is 0 Å². The Hall–Kier alpha value is 0.170. The molecular weight excluding hydrogens is 206 g/mol. The first-order valence-corrected chi connectivity index (χ1v) is 6.21. The van der Waals surface area contributed by atoms with Crippen LogP contribution in [0.5, 0.6) is 0 Å². The highest BCUT2D eigenvalue weighted by molar-refractivity contribution is 8.00. The van der Waals surface area contributed by atoms with Gasteiger partial charge in [-0.05, 0) is 25.0 Å². The number of thioether (sulfide) groups is 1. The molecule has 0 radical (unpaired) electrons. The van der Waals surface area contributed by atoms with Gasteiger partial charge in [0.25, 0.3) is 5.92 Å². The molecule has 82 valence electrons. The van der Waals surface area contributed by atoms with Gasteiger partial charge in [-0.25, -0.2) is 8.78 Å². The summed E-state index contributed by atoms with van der Waals surface area (Å²) in [6, 6.07) is 0. The highest BCUT2D eigenvalue weighted by Gasteiger charge is 2.57. The van der Waals surface area contributed by atoms with Crippen LogP contribution in [-0.4, -0.2) is 27.6 Å². The SMILES string of the molecule is CC1SCCC1(O)CCC1CC1(F)F. The normalized spacial score (nSPS) is 45.4. The lowest BCUT2D eigenvalue weighted by atomic mass is 9.90. The number of rotatable bonds is 3. The van der Waals surface area contributed by atoms with E-state index in [2.05, 4.69) is 0 Å². The predicted octanol–water partition coefficient (Wildman–Crippen LogP) is 2.68. The summed E-state index contributed by atoms with van der Waals surface area (Å²) < 4.78 is 25.2. The minimum Gasteiger partial charge on any atom is -0.389 e. The number of hydrogen-bond acceptors (Lipinski definition) is 2. The number of hydrogen-bond donors (Lipinski definition) is 1. The second-order valence-electron chi connectivity index (χ2n) is 4.57. The van der Waals surface area contributed by atoms with Gasteiger partial charge in [0.15, 0.2) is 0 Å². The topological polar surface area (TPSA) is 20.2 Å². The van der Waals surface area contributed by atoms with Gasteiger partial charge in [0, 0.05) is 17.6 Å². The summed E-state index contributed by atoms with van der Waals surface area (Å²) in [5, 5.41) is 10.3. The fraction of sp³-hybridized carbons (Fsp3) is 1.00. The van der Waals surface area contributed by atoms with E-state index < -0.39 is 17.4 Å². The van der Waals surface area contributed by atoms with Gasteiger partial charge in [-0.1, -0.05) is 6.92 Å². The van der Waals surface area contributed by atoms with Crippen molar-refractivity contribution in [1.82, 2.24) is 0 Å². The van der Waals surface area contributed by atoms with Gasteiger partial charge in [0.1, 0.15) is 0 Å². The maximum Gasteiger partial charge on any atom is 0.251 e. The molecule has 2 aliphatic rings. The molecule has 14 heavy (non-hydrogen) atoms. The smallest absolute Gasteiger partial charge is 0.251 e. The number of aliphatic hydroxyl groups is 1. The first-order chi connectivity index (χ1) is 6.44. The van der Waals surface area contributed by atoms with Crippen molar-refractivity contribution in [2.24, 2.45) is 5.92 Å². The van der Waals surface area contributed by atoms with E-state index in [1.165, 1.54) is 0 Å². The van der Waals surface area contributed by atoms with Gasteiger partial charge in [-0.2, -0.15) is 11.8 Å². The summed E-state index contributed by atoms with van der Waals surface area (Å²) in [4.78, 5) is 0. The predicted molar refractivity (Wildman–Crippen MR) is 53.8 cm³/mol. The maximum absolute atomic E-state index is 12.6. The van der Waals surface area contributed by atoms with Gasteiger partial charge in [0.2, 0.25) is 0 Å². The standard InChI is InChI=1S/C10H16F2OS/c1-7-9(13,4-5-14-7)3-2-8-6-10(8,11)12/h7-8,13H,2-6H2,1H3. The van der Waals surface area contributed by atoms with E-state index in [4.69, 9.17) is 0 Å². The van der Waals surface area contributed by atoms with Crippen molar-refractivity contribution in [3.05, 3.63) is 0 Å². The molecule has 0 bridgehead atoms. The molecule has 1 saturated heterocycles. The number of alkyl halides is 2. The highest BCUT2D eigenvalue weighted by atomic mass is 32.2. The third kappa shape index (κ3) is 1.91. The zero-order valence-electron chi connectivity index (χ0n) is 8.30. The van der Waals surface area contributed by atoms with Crippen LogP contribution in [0.4, 0.5) is 8.78 Å². The van der Waals surface area contributed by atoms with Crippen LogP contribution >= 0.6 is 11.8 Å². The average Bonchev–Trinajstić information content (AvgIpc) is 2.57. The molecule has 4 heteroatoms. The van der Waals surface area contributed by atoms with Crippen molar-refractivity contribution in [2.45, 2.75) is 49.4 Å². The van der Waals surface area contributed by atoms with Crippen molar-refractivity contribution >= 4 is 11.8 Å². The second kappa shape index (κ2) is 3.34. The molecule has 0 spiro atoms. The van der Waals surface area contributed by atoms with E-state index in [-0.39, 0.29) is 11.7 Å². The van der Waals surface area contributed by atoms with Crippen LogP contribution in [0, 0.1) is 5.92 Å². The first kappa shape index (κ1) is 10.7. The fourth-order valence-electron chi connectivity index (χ4n) is 2.11. The van der Waals surface area contributed by atoms with Crippen LogP contribution in [0.15, 0.2) is 0 Å². The van der Waals surface area contributed by atoms with Crippen molar-refractivity contribution in [3.8, 4) is 0 Å². The monoisotopic (exact) mass is 222 g/mol. The summed E-state index contributed by atoms with van der Waals surface area (Å²) >= 11 is 1.74. The Morgan fingerprint density at radius 3 is 2.57 bits per heavy atom. The summed E-state index contributed by atoms with van der Waals surface area (Å²) in [5.74, 6) is -1.92. The molecule has 0 amide bonds. The van der Waals surface area contributed by atoms with Crippen LogP contribution < -0.4 is 0 Å². The molecule has 1 nitrogen and oxygen atoms in total. The molecule has 3 atom stereocenters. The van der Waals surface area contributed by atoms with Crippen LogP contribution in [-0.2, 0) is 0 Å². The van der Waals surface area contributed by atoms with E-state index in [0.717, 1.165) is 12.2 Å². The Balaban J connectivity index is 1.80. The van der Waals surface area contributed by atoms with E-state index in [9.17, 15) is 13.9 Å².